The standard InChI is InChI=1S/C25H22F2N2O4/c26-19-5-1-16(2-6-19)25(17-3-7-20(27)8-4-17)22-15-28(12-11-24(22)31)14-18-13-21(29(32)33)9-10-23(18)30/h1-10,13,22,25,30H,11-12,14-15H2. The van der Waals surface area contributed by atoms with Crippen molar-refractivity contribution in [3.8, 4) is 5.75 Å². The molecule has 170 valence electrons. The molecule has 0 aliphatic carbocycles. The highest BCUT2D eigenvalue weighted by atomic mass is 19.1. The topological polar surface area (TPSA) is 83.7 Å². The number of non-ortho nitro benzene ring substituents is 1. The van der Waals surface area contributed by atoms with Crippen molar-refractivity contribution < 1.29 is 23.6 Å². The van der Waals surface area contributed by atoms with Crippen LogP contribution in [0.2, 0.25) is 0 Å². The number of Topliss-reactive ketones (excluding diaryl/α,β-unsaturated/α-hetero) is 1. The van der Waals surface area contributed by atoms with Gasteiger partial charge in [-0.15, -0.1) is 0 Å². The van der Waals surface area contributed by atoms with E-state index in [1.165, 1.54) is 42.5 Å². The molecule has 1 unspecified atom stereocenters. The van der Waals surface area contributed by atoms with Crippen molar-refractivity contribution in [3.63, 3.8) is 0 Å². The Balaban J connectivity index is 1.65. The number of piperidine rings is 1. The van der Waals surface area contributed by atoms with Crippen LogP contribution >= 0.6 is 0 Å². The first-order valence-electron chi connectivity index (χ1n) is 10.5. The second-order valence-corrected chi connectivity index (χ2v) is 8.21. The Labute approximate surface area is 189 Å². The molecule has 1 N–H and O–H groups in total. The summed E-state index contributed by atoms with van der Waals surface area (Å²) >= 11 is 0. The lowest BCUT2D eigenvalue weighted by Gasteiger charge is -2.36. The number of nitrogens with zero attached hydrogens (tertiary/aromatic N) is 2. The number of ketones is 1. The fraction of sp³-hybridized carbons (Fsp3) is 0.240. The van der Waals surface area contributed by atoms with Crippen LogP contribution in [0, 0.1) is 27.7 Å². The van der Waals surface area contributed by atoms with E-state index < -0.39 is 28.4 Å². The molecule has 33 heavy (non-hydrogen) atoms. The van der Waals surface area contributed by atoms with E-state index in [4.69, 9.17) is 0 Å². The molecule has 0 bridgehead atoms. The molecular formula is C25H22F2N2O4. The fourth-order valence-corrected chi connectivity index (χ4v) is 4.41. The number of hydrogen-bond acceptors (Lipinski definition) is 5. The number of carbonyl (C=O) groups excluding carboxylic acids is 1. The molecule has 1 saturated heterocycles. The molecule has 1 heterocycles. The van der Waals surface area contributed by atoms with Crippen LogP contribution in [0.5, 0.6) is 5.75 Å². The van der Waals surface area contributed by atoms with E-state index in [9.17, 15) is 28.8 Å². The average Bonchev–Trinajstić information content (AvgIpc) is 2.80. The predicted octanol–water partition coefficient (Wildman–Crippen LogP) is 4.80. The molecule has 8 heteroatoms. The fourth-order valence-electron chi connectivity index (χ4n) is 4.41. The van der Waals surface area contributed by atoms with Crippen LogP contribution < -0.4 is 0 Å². The minimum atomic E-state index is -0.523. The summed E-state index contributed by atoms with van der Waals surface area (Å²) in [6.45, 7) is 1.01. The van der Waals surface area contributed by atoms with Crippen LogP contribution in [0.3, 0.4) is 0 Å². The summed E-state index contributed by atoms with van der Waals surface area (Å²) < 4.78 is 27.1. The van der Waals surface area contributed by atoms with Gasteiger partial charge in [-0.25, -0.2) is 8.78 Å². The lowest BCUT2D eigenvalue weighted by molar-refractivity contribution is -0.385. The Hall–Kier alpha value is -3.65. The lowest BCUT2D eigenvalue weighted by atomic mass is 9.76. The van der Waals surface area contributed by atoms with Gasteiger partial charge < -0.3 is 5.11 Å². The van der Waals surface area contributed by atoms with Gasteiger partial charge in [-0.05, 0) is 41.5 Å². The number of carbonyl (C=O) groups is 1. The zero-order valence-corrected chi connectivity index (χ0v) is 17.7. The number of benzene rings is 3. The van der Waals surface area contributed by atoms with Gasteiger partial charge in [0, 0.05) is 55.6 Å². The predicted molar refractivity (Wildman–Crippen MR) is 118 cm³/mol. The molecule has 0 radical (unpaired) electrons. The maximum absolute atomic E-state index is 13.6. The highest BCUT2D eigenvalue weighted by Gasteiger charge is 2.35. The Bertz CT molecular complexity index is 1120. The first-order valence-corrected chi connectivity index (χ1v) is 10.5. The van der Waals surface area contributed by atoms with Crippen LogP contribution in [0.15, 0.2) is 66.7 Å². The molecular weight excluding hydrogens is 430 g/mol. The molecule has 1 atom stereocenters. The van der Waals surface area contributed by atoms with Crippen molar-refractivity contribution in [2.75, 3.05) is 13.1 Å². The molecule has 1 aliphatic rings. The highest BCUT2D eigenvalue weighted by molar-refractivity contribution is 5.83. The number of likely N-dealkylation sites (tertiary alicyclic amines) is 1. The molecule has 3 aromatic rings. The molecule has 0 spiro atoms. The Morgan fingerprint density at radius 2 is 1.58 bits per heavy atom. The zero-order chi connectivity index (χ0) is 23.5. The van der Waals surface area contributed by atoms with Crippen molar-refractivity contribution in [2.24, 2.45) is 5.92 Å². The van der Waals surface area contributed by atoms with Crippen LogP contribution in [-0.4, -0.2) is 33.8 Å². The summed E-state index contributed by atoms with van der Waals surface area (Å²) in [7, 11) is 0. The number of rotatable bonds is 6. The average molecular weight is 452 g/mol. The summed E-state index contributed by atoms with van der Waals surface area (Å²) in [6, 6.07) is 15.7. The number of phenolic OH excluding ortho intramolecular Hbond substituents is 1. The van der Waals surface area contributed by atoms with E-state index in [-0.39, 0.29) is 30.2 Å². The number of aromatic hydroxyl groups is 1. The van der Waals surface area contributed by atoms with Crippen molar-refractivity contribution in [3.05, 3.63) is 105 Å². The summed E-state index contributed by atoms with van der Waals surface area (Å²) in [5, 5.41) is 21.3. The van der Waals surface area contributed by atoms with E-state index in [0.29, 0.717) is 18.7 Å². The van der Waals surface area contributed by atoms with Crippen LogP contribution in [-0.2, 0) is 11.3 Å². The van der Waals surface area contributed by atoms with Crippen molar-refractivity contribution in [1.82, 2.24) is 4.90 Å². The summed E-state index contributed by atoms with van der Waals surface area (Å²) in [4.78, 5) is 25.6. The van der Waals surface area contributed by atoms with E-state index in [1.54, 1.807) is 24.3 Å². The van der Waals surface area contributed by atoms with Crippen molar-refractivity contribution >= 4 is 11.5 Å². The molecule has 4 rings (SSSR count). The SMILES string of the molecule is O=C1CCN(Cc2cc([N+](=O)[O-])ccc2O)CC1C(c1ccc(F)cc1)c1ccc(F)cc1. The quantitative estimate of drug-likeness (QED) is 0.429. The van der Waals surface area contributed by atoms with E-state index in [2.05, 4.69) is 0 Å². The summed E-state index contributed by atoms with van der Waals surface area (Å²) in [5.74, 6) is -1.71. The maximum atomic E-state index is 13.6. The van der Waals surface area contributed by atoms with Crippen LogP contribution in [0.1, 0.15) is 29.0 Å². The van der Waals surface area contributed by atoms with Gasteiger partial charge in [0.25, 0.3) is 5.69 Å². The van der Waals surface area contributed by atoms with Gasteiger partial charge in [0.1, 0.15) is 23.2 Å². The van der Waals surface area contributed by atoms with Crippen LogP contribution in [0.25, 0.3) is 0 Å². The van der Waals surface area contributed by atoms with E-state index in [0.717, 1.165) is 11.1 Å². The largest absolute Gasteiger partial charge is 0.508 e. The number of phenols is 1. The van der Waals surface area contributed by atoms with E-state index in [1.807, 2.05) is 4.90 Å². The highest BCUT2D eigenvalue weighted by Crippen LogP contribution is 2.37. The molecule has 0 aromatic heterocycles. The maximum Gasteiger partial charge on any atom is 0.270 e. The minimum absolute atomic E-state index is 0.0353. The minimum Gasteiger partial charge on any atom is -0.508 e. The summed E-state index contributed by atoms with van der Waals surface area (Å²) in [5.41, 5.74) is 1.75. The number of hydrogen-bond donors (Lipinski definition) is 1. The Morgan fingerprint density at radius 3 is 2.12 bits per heavy atom. The van der Waals surface area contributed by atoms with Gasteiger partial charge in [-0.3, -0.25) is 19.8 Å². The third-order valence-electron chi connectivity index (χ3n) is 6.07. The van der Waals surface area contributed by atoms with E-state index >= 15 is 0 Å². The summed E-state index contributed by atoms with van der Waals surface area (Å²) in [6.07, 6.45) is 0.263. The van der Waals surface area contributed by atoms with Gasteiger partial charge in [0.2, 0.25) is 0 Å². The van der Waals surface area contributed by atoms with Gasteiger partial charge in [0.05, 0.1) is 4.92 Å². The molecule has 6 nitrogen and oxygen atoms in total. The first kappa shape index (κ1) is 22.5. The third kappa shape index (κ3) is 5.06. The molecule has 0 saturated carbocycles. The monoisotopic (exact) mass is 452 g/mol. The Kier molecular flexibility index (Phi) is 6.46. The second-order valence-electron chi connectivity index (χ2n) is 8.21. The van der Waals surface area contributed by atoms with Gasteiger partial charge in [0.15, 0.2) is 0 Å². The van der Waals surface area contributed by atoms with Crippen LogP contribution in [0.4, 0.5) is 14.5 Å². The third-order valence-corrected chi connectivity index (χ3v) is 6.07. The smallest absolute Gasteiger partial charge is 0.270 e. The molecule has 3 aromatic carbocycles. The first-order chi connectivity index (χ1) is 15.8. The number of halogens is 2. The molecule has 1 fully saturated rings. The van der Waals surface area contributed by atoms with Gasteiger partial charge >= 0.3 is 0 Å². The Morgan fingerprint density at radius 1 is 1.00 bits per heavy atom. The normalized spacial score (nSPS) is 16.8. The molecule has 0 amide bonds. The van der Waals surface area contributed by atoms with Gasteiger partial charge in [-0.2, -0.15) is 0 Å². The zero-order valence-electron chi connectivity index (χ0n) is 17.7. The number of nitro groups is 1. The lowest BCUT2D eigenvalue weighted by Crippen LogP contribution is -2.43. The van der Waals surface area contributed by atoms with Crippen molar-refractivity contribution in [2.45, 2.75) is 18.9 Å². The van der Waals surface area contributed by atoms with Crippen molar-refractivity contribution in [1.29, 1.82) is 0 Å². The van der Waals surface area contributed by atoms with Gasteiger partial charge in [-0.1, -0.05) is 24.3 Å². The number of nitro benzene ring substituents is 1. The molecule has 1 aliphatic heterocycles. The second kappa shape index (κ2) is 9.46.